The SMILES string of the molecule is CS(=O)(=O)Oc1cccc(C(N)=O)c1C(=O)O. The molecule has 0 saturated heterocycles. The Hall–Kier alpha value is -2.09. The fourth-order valence-corrected chi connectivity index (χ4v) is 1.65. The van der Waals surface area contributed by atoms with E-state index in [-0.39, 0.29) is 5.56 Å². The van der Waals surface area contributed by atoms with Crippen molar-refractivity contribution in [2.75, 3.05) is 6.26 Å². The smallest absolute Gasteiger partial charge is 0.340 e. The standard InChI is InChI=1S/C9H9NO6S/c1-17(14,15)16-6-4-2-3-5(8(10)11)7(6)9(12)13/h2-4H,1H3,(H2,10,11)(H,12,13). The van der Waals surface area contributed by atoms with E-state index in [2.05, 4.69) is 4.18 Å². The molecule has 0 aliphatic heterocycles. The minimum Gasteiger partial charge on any atom is -0.478 e. The predicted octanol–water partition coefficient (Wildman–Crippen LogP) is -0.178. The molecule has 1 aromatic carbocycles. The molecule has 0 spiro atoms. The van der Waals surface area contributed by atoms with E-state index < -0.39 is 33.3 Å². The van der Waals surface area contributed by atoms with Crippen LogP contribution in [0.4, 0.5) is 0 Å². The average Bonchev–Trinajstić information content (AvgIpc) is 2.14. The van der Waals surface area contributed by atoms with Crippen molar-refractivity contribution in [3.63, 3.8) is 0 Å². The van der Waals surface area contributed by atoms with E-state index in [1.807, 2.05) is 0 Å². The molecule has 1 aromatic rings. The highest BCUT2D eigenvalue weighted by Crippen LogP contribution is 2.23. The van der Waals surface area contributed by atoms with Crippen molar-refractivity contribution < 1.29 is 27.3 Å². The number of hydrogen-bond acceptors (Lipinski definition) is 5. The van der Waals surface area contributed by atoms with Crippen LogP contribution in [0.25, 0.3) is 0 Å². The number of rotatable bonds is 4. The Morgan fingerprint density at radius 2 is 1.94 bits per heavy atom. The number of carboxylic acids is 1. The molecule has 0 fully saturated rings. The molecule has 0 unspecified atom stereocenters. The fraction of sp³-hybridized carbons (Fsp3) is 0.111. The van der Waals surface area contributed by atoms with Crippen LogP contribution < -0.4 is 9.92 Å². The van der Waals surface area contributed by atoms with Crippen LogP contribution in [-0.4, -0.2) is 31.7 Å². The number of amides is 1. The summed E-state index contributed by atoms with van der Waals surface area (Å²) in [5.41, 5.74) is 4.08. The molecule has 0 heterocycles. The topological polar surface area (TPSA) is 124 Å². The normalized spacial score (nSPS) is 10.9. The largest absolute Gasteiger partial charge is 0.478 e. The zero-order chi connectivity index (χ0) is 13.2. The Morgan fingerprint density at radius 3 is 2.35 bits per heavy atom. The molecule has 0 aliphatic carbocycles. The van der Waals surface area contributed by atoms with Gasteiger partial charge in [0.1, 0.15) is 5.56 Å². The van der Waals surface area contributed by atoms with Gasteiger partial charge in [-0.1, -0.05) is 6.07 Å². The highest BCUT2D eigenvalue weighted by Gasteiger charge is 2.21. The molecule has 0 aromatic heterocycles. The molecular weight excluding hydrogens is 250 g/mol. The van der Waals surface area contributed by atoms with E-state index in [0.29, 0.717) is 0 Å². The van der Waals surface area contributed by atoms with Crippen molar-refractivity contribution in [1.82, 2.24) is 0 Å². The highest BCUT2D eigenvalue weighted by molar-refractivity contribution is 7.86. The summed E-state index contributed by atoms with van der Waals surface area (Å²) in [5.74, 6) is -2.93. The van der Waals surface area contributed by atoms with Gasteiger partial charge in [0.15, 0.2) is 5.75 Å². The Kier molecular flexibility index (Phi) is 3.37. The molecule has 0 radical (unpaired) electrons. The van der Waals surface area contributed by atoms with Crippen LogP contribution in [0.2, 0.25) is 0 Å². The lowest BCUT2D eigenvalue weighted by molar-refractivity contribution is 0.0690. The van der Waals surface area contributed by atoms with E-state index in [1.165, 1.54) is 12.1 Å². The van der Waals surface area contributed by atoms with Crippen LogP contribution in [0.1, 0.15) is 20.7 Å². The van der Waals surface area contributed by atoms with Gasteiger partial charge in [-0.05, 0) is 12.1 Å². The Morgan fingerprint density at radius 1 is 1.35 bits per heavy atom. The van der Waals surface area contributed by atoms with Gasteiger partial charge in [0.2, 0.25) is 5.91 Å². The van der Waals surface area contributed by atoms with Gasteiger partial charge in [-0.3, -0.25) is 4.79 Å². The van der Waals surface area contributed by atoms with Gasteiger partial charge in [-0.2, -0.15) is 8.42 Å². The molecule has 92 valence electrons. The Bertz CT molecular complexity index is 577. The van der Waals surface area contributed by atoms with E-state index in [0.717, 1.165) is 12.3 Å². The van der Waals surface area contributed by atoms with Gasteiger partial charge in [0, 0.05) is 0 Å². The number of aromatic carboxylic acids is 1. The third-order valence-electron chi connectivity index (χ3n) is 1.75. The van der Waals surface area contributed by atoms with Crippen LogP contribution >= 0.6 is 0 Å². The number of carbonyl (C=O) groups excluding carboxylic acids is 1. The van der Waals surface area contributed by atoms with Gasteiger partial charge in [-0.25, -0.2) is 4.79 Å². The highest BCUT2D eigenvalue weighted by atomic mass is 32.2. The van der Waals surface area contributed by atoms with Crippen LogP contribution in [0.3, 0.4) is 0 Å². The third kappa shape index (κ3) is 3.18. The van der Waals surface area contributed by atoms with E-state index in [4.69, 9.17) is 10.8 Å². The summed E-state index contributed by atoms with van der Waals surface area (Å²) in [5, 5.41) is 8.91. The first-order valence-corrected chi connectivity index (χ1v) is 6.09. The molecule has 7 nitrogen and oxygen atoms in total. The Labute approximate surface area is 96.9 Å². The van der Waals surface area contributed by atoms with Crippen molar-refractivity contribution in [1.29, 1.82) is 0 Å². The van der Waals surface area contributed by atoms with Gasteiger partial charge < -0.3 is 15.0 Å². The van der Waals surface area contributed by atoms with Gasteiger partial charge in [-0.15, -0.1) is 0 Å². The molecule has 3 N–H and O–H groups in total. The predicted molar refractivity (Wildman–Crippen MR) is 57.4 cm³/mol. The fourth-order valence-electron chi connectivity index (χ4n) is 1.19. The van der Waals surface area contributed by atoms with Crippen molar-refractivity contribution in [3.05, 3.63) is 29.3 Å². The second-order valence-corrected chi connectivity index (χ2v) is 4.71. The molecular formula is C9H9NO6S. The first-order chi connectivity index (χ1) is 7.72. The lowest BCUT2D eigenvalue weighted by Crippen LogP contribution is -2.18. The quantitative estimate of drug-likeness (QED) is 0.723. The zero-order valence-corrected chi connectivity index (χ0v) is 9.52. The second kappa shape index (κ2) is 4.42. The summed E-state index contributed by atoms with van der Waals surface area (Å²) in [7, 11) is -3.89. The molecule has 17 heavy (non-hydrogen) atoms. The van der Waals surface area contributed by atoms with E-state index in [9.17, 15) is 18.0 Å². The maximum absolute atomic E-state index is 11.0. The maximum Gasteiger partial charge on any atom is 0.340 e. The van der Waals surface area contributed by atoms with E-state index in [1.54, 1.807) is 0 Å². The minimum absolute atomic E-state index is 0.321. The number of nitrogens with two attached hydrogens (primary N) is 1. The first kappa shape index (κ1) is 13.0. The second-order valence-electron chi connectivity index (χ2n) is 3.14. The molecule has 1 rings (SSSR count). The average molecular weight is 259 g/mol. The number of hydrogen-bond donors (Lipinski definition) is 2. The van der Waals surface area contributed by atoms with Crippen molar-refractivity contribution >= 4 is 22.0 Å². The maximum atomic E-state index is 11.0. The monoisotopic (exact) mass is 259 g/mol. The van der Waals surface area contributed by atoms with Gasteiger partial charge in [0.05, 0.1) is 11.8 Å². The zero-order valence-electron chi connectivity index (χ0n) is 8.71. The summed E-state index contributed by atoms with van der Waals surface area (Å²) >= 11 is 0. The van der Waals surface area contributed by atoms with E-state index >= 15 is 0 Å². The van der Waals surface area contributed by atoms with Crippen LogP contribution in [0.15, 0.2) is 18.2 Å². The van der Waals surface area contributed by atoms with Gasteiger partial charge >= 0.3 is 16.1 Å². The summed E-state index contributed by atoms with van der Waals surface area (Å²) in [6, 6.07) is 3.56. The summed E-state index contributed by atoms with van der Waals surface area (Å²) in [6.07, 6.45) is 0.759. The Balaban J connectivity index is 3.46. The van der Waals surface area contributed by atoms with Crippen LogP contribution in [-0.2, 0) is 10.1 Å². The summed E-state index contributed by atoms with van der Waals surface area (Å²) < 4.78 is 26.3. The van der Waals surface area contributed by atoms with Gasteiger partial charge in [0.25, 0.3) is 0 Å². The molecule has 1 amide bonds. The molecule has 0 atom stereocenters. The number of primary amides is 1. The minimum atomic E-state index is -3.89. The lowest BCUT2D eigenvalue weighted by atomic mass is 10.1. The summed E-state index contributed by atoms with van der Waals surface area (Å²) in [4.78, 5) is 21.9. The third-order valence-corrected chi connectivity index (χ3v) is 2.23. The van der Waals surface area contributed by atoms with Crippen molar-refractivity contribution in [2.24, 2.45) is 5.73 Å². The first-order valence-electron chi connectivity index (χ1n) is 4.28. The molecule has 0 aliphatic rings. The van der Waals surface area contributed by atoms with Crippen molar-refractivity contribution in [3.8, 4) is 5.75 Å². The molecule has 0 saturated carbocycles. The lowest BCUT2D eigenvalue weighted by Gasteiger charge is -2.08. The molecule has 8 heteroatoms. The number of benzene rings is 1. The number of carbonyl (C=O) groups is 2. The molecule has 0 bridgehead atoms. The number of carboxylic acid groups (broad SMARTS) is 1. The van der Waals surface area contributed by atoms with Crippen LogP contribution in [0, 0.1) is 0 Å². The van der Waals surface area contributed by atoms with Crippen LogP contribution in [0.5, 0.6) is 5.75 Å². The van der Waals surface area contributed by atoms with Crippen molar-refractivity contribution in [2.45, 2.75) is 0 Å². The summed E-state index contributed by atoms with van der Waals surface area (Å²) in [6.45, 7) is 0.